The van der Waals surface area contributed by atoms with E-state index >= 15 is 0 Å². The van der Waals surface area contributed by atoms with Gasteiger partial charge in [-0.05, 0) is 117 Å². The van der Waals surface area contributed by atoms with Crippen LogP contribution >= 0.6 is 0 Å². The summed E-state index contributed by atoms with van der Waals surface area (Å²) in [5, 5.41) is 1.76. The summed E-state index contributed by atoms with van der Waals surface area (Å²) in [5.74, 6) is 1.91. The van der Waals surface area contributed by atoms with Gasteiger partial charge in [0, 0.05) is 45.9 Å². The minimum atomic E-state index is -0.281. The lowest BCUT2D eigenvalue weighted by atomic mass is 9.76. The van der Waals surface area contributed by atoms with Gasteiger partial charge in [0.05, 0.1) is 22.4 Å². The zero-order chi connectivity index (χ0) is 44.6. The van der Waals surface area contributed by atoms with Gasteiger partial charge in [-0.15, -0.1) is 0 Å². The molecule has 0 N–H and O–H groups in total. The van der Waals surface area contributed by atoms with Crippen LogP contribution in [0.1, 0.15) is 104 Å². The molecule has 8 aromatic rings. The van der Waals surface area contributed by atoms with Crippen LogP contribution < -0.4 is 14.5 Å². The number of hydrogen-bond acceptors (Lipinski definition) is 4. The van der Waals surface area contributed by atoms with Gasteiger partial charge in [-0.2, -0.15) is 0 Å². The molecule has 0 saturated heterocycles. The molecule has 0 bridgehead atoms. The highest BCUT2D eigenvalue weighted by atomic mass is 19.1. The topological polar surface area (TPSA) is 33.5 Å². The van der Waals surface area contributed by atoms with Crippen molar-refractivity contribution in [2.24, 2.45) is 0 Å². The van der Waals surface area contributed by atoms with Crippen molar-refractivity contribution in [3.05, 3.63) is 179 Å². The highest BCUT2D eigenvalue weighted by molar-refractivity contribution is 6.09. The molecule has 6 heteroatoms. The first-order valence-electron chi connectivity index (χ1n) is 22.2. The van der Waals surface area contributed by atoms with Crippen molar-refractivity contribution >= 4 is 44.6 Å². The fourth-order valence-electron chi connectivity index (χ4n) is 9.04. The zero-order valence-corrected chi connectivity index (χ0v) is 38.6. The molecular weight excluding hydrogens is 776 g/mol. The average molecular weight is 835 g/mol. The molecule has 5 nitrogen and oxygen atoms in total. The van der Waals surface area contributed by atoms with Gasteiger partial charge in [0.15, 0.2) is 0 Å². The van der Waals surface area contributed by atoms with Crippen LogP contribution in [-0.2, 0) is 21.7 Å². The number of benzene rings is 6. The minimum absolute atomic E-state index is 0.0344. The maximum Gasteiger partial charge on any atom is 0.137 e. The molecule has 0 atom stereocenters. The molecule has 0 amide bonds. The van der Waals surface area contributed by atoms with Crippen molar-refractivity contribution in [3.8, 4) is 17.3 Å². The molecule has 0 spiro atoms. The van der Waals surface area contributed by atoms with Gasteiger partial charge in [0.2, 0.25) is 0 Å². The summed E-state index contributed by atoms with van der Waals surface area (Å²) in [6, 6.07) is 48.4. The molecule has 63 heavy (non-hydrogen) atoms. The lowest BCUT2D eigenvalue weighted by Gasteiger charge is -2.33. The summed E-state index contributed by atoms with van der Waals surface area (Å²) in [4.78, 5) is 9.76. The molecule has 9 rings (SSSR count). The quantitative estimate of drug-likeness (QED) is 0.160. The Labute approximate surface area is 372 Å². The Kier molecular flexibility index (Phi) is 10.1. The maximum atomic E-state index is 14.8. The van der Waals surface area contributed by atoms with E-state index in [9.17, 15) is 4.39 Å². The van der Waals surface area contributed by atoms with Crippen molar-refractivity contribution in [1.82, 2.24) is 9.55 Å². The highest BCUT2D eigenvalue weighted by Gasteiger charge is 2.37. The number of nitrogens with zero attached hydrogens (tertiary/aromatic N) is 4. The second-order valence-corrected chi connectivity index (χ2v) is 20.9. The molecule has 1 aliphatic heterocycles. The number of ether oxygens (including phenoxy) is 1. The third-order valence-electron chi connectivity index (χ3n) is 12.9. The minimum Gasteiger partial charge on any atom is -0.457 e. The summed E-state index contributed by atoms with van der Waals surface area (Å²) in [5.41, 5.74) is 12.3. The molecule has 1 aliphatic rings. The SMILES string of the molecule is CC(C)(C)c1cc(N2CN(c3cccc(Oc4ccc5c6cc(F)ccc6n(-c6cc(C(C)(C)C)ccn6)c5c4)c3)c3cccc(C(C)(C)c4ccccc4)c32)cc(C(C)(C)C)c1. The van der Waals surface area contributed by atoms with Crippen LogP contribution in [0, 0.1) is 5.82 Å². The normalized spacial score (nSPS) is 13.6. The Morgan fingerprint density at radius 1 is 0.508 bits per heavy atom. The third kappa shape index (κ3) is 7.75. The number of fused-ring (bicyclic) bond motifs is 4. The molecule has 0 fully saturated rings. The Hall–Kier alpha value is -6.40. The molecule has 3 heterocycles. The first-order chi connectivity index (χ1) is 29.8. The van der Waals surface area contributed by atoms with E-state index in [0.29, 0.717) is 12.4 Å². The maximum absolute atomic E-state index is 14.8. The van der Waals surface area contributed by atoms with E-state index in [0.717, 1.165) is 44.7 Å². The third-order valence-corrected chi connectivity index (χ3v) is 12.9. The van der Waals surface area contributed by atoms with Crippen LogP contribution in [0.25, 0.3) is 27.6 Å². The Bertz CT molecular complexity index is 2980. The monoisotopic (exact) mass is 834 g/mol. The molecule has 0 unspecified atom stereocenters. The van der Waals surface area contributed by atoms with Crippen LogP contribution in [0.15, 0.2) is 146 Å². The number of rotatable bonds is 7. The van der Waals surface area contributed by atoms with E-state index in [1.165, 1.54) is 45.3 Å². The van der Waals surface area contributed by atoms with Crippen molar-refractivity contribution in [2.75, 3.05) is 16.5 Å². The average Bonchev–Trinajstić information content (AvgIpc) is 3.79. The van der Waals surface area contributed by atoms with Gasteiger partial charge < -0.3 is 14.5 Å². The number of para-hydroxylation sites is 1. The molecule has 2 aromatic heterocycles. The van der Waals surface area contributed by atoms with E-state index in [1.807, 2.05) is 36.5 Å². The lowest BCUT2D eigenvalue weighted by Crippen LogP contribution is -2.27. The molecule has 6 aromatic carbocycles. The van der Waals surface area contributed by atoms with Gasteiger partial charge in [-0.1, -0.05) is 131 Å². The summed E-state index contributed by atoms with van der Waals surface area (Å²) < 4.78 is 23.7. The zero-order valence-electron chi connectivity index (χ0n) is 38.6. The largest absolute Gasteiger partial charge is 0.457 e. The van der Waals surface area contributed by atoms with Gasteiger partial charge in [0.1, 0.15) is 29.8 Å². The Balaban J connectivity index is 1.15. The van der Waals surface area contributed by atoms with Gasteiger partial charge >= 0.3 is 0 Å². The molecule has 0 aliphatic carbocycles. The molecule has 0 saturated carbocycles. The van der Waals surface area contributed by atoms with E-state index in [1.54, 1.807) is 6.07 Å². The van der Waals surface area contributed by atoms with Crippen LogP contribution in [0.3, 0.4) is 0 Å². The summed E-state index contributed by atoms with van der Waals surface area (Å²) in [6.45, 7) is 25.7. The number of hydrogen-bond donors (Lipinski definition) is 0. The van der Waals surface area contributed by atoms with E-state index in [2.05, 4.69) is 188 Å². The smallest absolute Gasteiger partial charge is 0.137 e. The molecule has 320 valence electrons. The van der Waals surface area contributed by atoms with Gasteiger partial charge in [-0.25, -0.2) is 9.37 Å². The lowest BCUT2D eigenvalue weighted by molar-refractivity contribution is 0.483. The van der Waals surface area contributed by atoms with Crippen molar-refractivity contribution < 1.29 is 9.13 Å². The van der Waals surface area contributed by atoms with E-state index < -0.39 is 0 Å². The first-order valence-corrected chi connectivity index (χ1v) is 22.2. The highest BCUT2D eigenvalue weighted by Crippen LogP contribution is 2.52. The van der Waals surface area contributed by atoms with Gasteiger partial charge in [-0.3, -0.25) is 4.57 Å². The Morgan fingerprint density at radius 3 is 1.89 bits per heavy atom. The van der Waals surface area contributed by atoms with Crippen LogP contribution in [0.2, 0.25) is 0 Å². The number of pyridine rings is 1. The van der Waals surface area contributed by atoms with Crippen LogP contribution in [0.4, 0.5) is 27.1 Å². The predicted octanol–water partition coefficient (Wildman–Crippen LogP) is 15.6. The fraction of sp³-hybridized carbons (Fsp3) is 0.281. The summed E-state index contributed by atoms with van der Waals surface area (Å²) in [7, 11) is 0. The number of anilines is 4. The Morgan fingerprint density at radius 2 is 1.19 bits per heavy atom. The summed E-state index contributed by atoms with van der Waals surface area (Å²) in [6.07, 6.45) is 1.86. The first kappa shape index (κ1) is 41.9. The van der Waals surface area contributed by atoms with E-state index in [-0.39, 0.29) is 27.5 Å². The predicted molar refractivity (Wildman–Crippen MR) is 262 cm³/mol. The summed E-state index contributed by atoms with van der Waals surface area (Å²) >= 11 is 0. The second kappa shape index (κ2) is 15.1. The molecule has 0 radical (unpaired) electrons. The number of halogens is 1. The van der Waals surface area contributed by atoms with Crippen molar-refractivity contribution in [2.45, 2.75) is 97.8 Å². The van der Waals surface area contributed by atoms with Crippen molar-refractivity contribution in [1.29, 1.82) is 0 Å². The second-order valence-electron chi connectivity index (χ2n) is 20.9. The standard InChI is InChI=1S/C57H59FN4O/c1-54(2,3)38-27-28-59-52(32-38)62-49-26-23-41(58)33-47(49)46-25-24-45(35-51(46)62)63-44-20-15-19-42(34-44)60-36-61(43-30-39(55(4,5)6)29-40(31-43)56(7,8)9)53-48(21-16-22-50(53)60)57(10,11)37-17-13-12-14-18-37/h12-35H,36H2,1-11H3. The van der Waals surface area contributed by atoms with Crippen molar-refractivity contribution in [3.63, 3.8) is 0 Å². The molecular formula is C57H59FN4O. The van der Waals surface area contributed by atoms with Crippen LogP contribution in [0.5, 0.6) is 11.5 Å². The number of aromatic nitrogens is 2. The van der Waals surface area contributed by atoms with Crippen LogP contribution in [-0.4, -0.2) is 16.2 Å². The van der Waals surface area contributed by atoms with Gasteiger partial charge in [0.25, 0.3) is 0 Å². The van der Waals surface area contributed by atoms with E-state index in [4.69, 9.17) is 9.72 Å². The fourth-order valence-corrected chi connectivity index (χ4v) is 9.04.